The summed E-state index contributed by atoms with van der Waals surface area (Å²) < 4.78 is 0. The predicted molar refractivity (Wildman–Crippen MR) is 63.6 cm³/mol. The monoisotopic (exact) mass is 215 g/mol. The normalized spacial score (nSPS) is 28.5. The third-order valence-corrected chi connectivity index (χ3v) is 3.17. The molecule has 0 atom stereocenters. The highest BCUT2D eigenvalue weighted by atomic mass is 15.5. The first-order valence-corrected chi connectivity index (χ1v) is 5.56. The molecule has 0 unspecified atom stereocenters. The molecule has 2 rings (SSSR count). The summed E-state index contributed by atoms with van der Waals surface area (Å²) >= 11 is 0. The van der Waals surface area contributed by atoms with Gasteiger partial charge in [0, 0.05) is 20.1 Å². The number of hydrogen-bond acceptors (Lipinski definition) is 3. The van der Waals surface area contributed by atoms with Crippen LogP contribution >= 0.6 is 0 Å². The fourth-order valence-electron chi connectivity index (χ4n) is 2.39. The van der Waals surface area contributed by atoms with Gasteiger partial charge in [-0.1, -0.05) is 30.3 Å². The lowest BCUT2D eigenvalue weighted by Crippen LogP contribution is -2.54. The fourth-order valence-corrected chi connectivity index (χ4v) is 2.39. The Hall–Kier alpha value is -1.37. The van der Waals surface area contributed by atoms with Crippen molar-refractivity contribution >= 4 is 0 Å². The van der Waals surface area contributed by atoms with Gasteiger partial charge in [0.15, 0.2) is 0 Å². The smallest absolute Gasteiger partial charge is 0.0853 e. The Bertz CT molecular complexity index is 385. The summed E-state index contributed by atoms with van der Waals surface area (Å²) in [5.41, 5.74) is 4.20. The molecule has 0 aliphatic heterocycles. The third-order valence-electron chi connectivity index (χ3n) is 3.17. The summed E-state index contributed by atoms with van der Waals surface area (Å²) in [4.78, 5) is 0. The van der Waals surface area contributed by atoms with E-state index in [9.17, 15) is 5.26 Å². The molecule has 84 valence electrons. The van der Waals surface area contributed by atoms with Gasteiger partial charge in [0.25, 0.3) is 0 Å². The van der Waals surface area contributed by atoms with Crippen LogP contribution in [0.4, 0.5) is 0 Å². The largest absolute Gasteiger partial charge is 0.252 e. The number of hydrazine groups is 1. The highest BCUT2D eigenvalue weighted by Gasteiger charge is 2.46. The van der Waals surface area contributed by atoms with E-state index < -0.39 is 0 Å². The average Bonchev–Trinajstić information content (AvgIpc) is 2.24. The molecule has 0 aromatic heterocycles. The Morgan fingerprint density at radius 1 is 1.31 bits per heavy atom. The standard InChI is InChI=1S/C13H17N3/c1-16(2)15-12-8-13(9-12,10-14)11-6-4-3-5-7-11/h3-7,12,15H,8-9H2,1-2H3. The Kier molecular flexibility index (Phi) is 2.95. The second-order valence-corrected chi connectivity index (χ2v) is 4.69. The summed E-state index contributed by atoms with van der Waals surface area (Å²) in [5.74, 6) is 0. The van der Waals surface area contributed by atoms with E-state index in [0.717, 1.165) is 18.4 Å². The Morgan fingerprint density at radius 2 is 1.94 bits per heavy atom. The molecule has 0 heterocycles. The van der Waals surface area contributed by atoms with Crippen molar-refractivity contribution in [1.82, 2.24) is 10.4 Å². The van der Waals surface area contributed by atoms with Crippen LogP contribution in [0.1, 0.15) is 18.4 Å². The summed E-state index contributed by atoms with van der Waals surface area (Å²) in [6.45, 7) is 0. The molecule has 1 aliphatic carbocycles. The predicted octanol–water partition coefficient (Wildman–Crippen LogP) is 1.68. The zero-order valence-electron chi connectivity index (χ0n) is 9.77. The van der Waals surface area contributed by atoms with Gasteiger partial charge < -0.3 is 0 Å². The van der Waals surface area contributed by atoms with Gasteiger partial charge in [-0.2, -0.15) is 5.26 Å². The van der Waals surface area contributed by atoms with Crippen molar-refractivity contribution in [2.24, 2.45) is 0 Å². The van der Waals surface area contributed by atoms with Crippen molar-refractivity contribution in [3.63, 3.8) is 0 Å². The number of hydrogen-bond donors (Lipinski definition) is 1. The molecular formula is C13H17N3. The van der Waals surface area contributed by atoms with E-state index in [0.29, 0.717) is 6.04 Å². The molecule has 1 aliphatic rings. The molecule has 3 heteroatoms. The van der Waals surface area contributed by atoms with Crippen LogP contribution < -0.4 is 5.43 Å². The summed E-state index contributed by atoms with van der Waals surface area (Å²) in [6.07, 6.45) is 1.79. The van der Waals surface area contributed by atoms with Crippen LogP contribution in [-0.4, -0.2) is 25.1 Å². The molecule has 1 fully saturated rings. The van der Waals surface area contributed by atoms with Gasteiger partial charge in [-0.05, 0) is 18.4 Å². The van der Waals surface area contributed by atoms with E-state index in [1.54, 1.807) is 0 Å². The molecule has 1 aromatic rings. The maximum atomic E-state index is 9.35. The Morgan fingerprint density at radius 3 is 2.44 bits per heavy atom. The fraction of sp³-hybridized carbons (Fsp3) is 0.462. The summed E-state index contributed by atoms with van der Waals surface area (Å²) in [7, 11) is 3.96. The van der Waals surface area contributed by atoms with E-state index in [1.807, 2.05) is 37.3 Å². The minimum atomic E-state index is -0.269. The molecule has 3 nitrogen and oxygen atoms in total. The number of rotatable bonds is 3. The highest BCUT2D eigenvalue weighted by Crippen LogP contribution is 2.43. The minimum Gasteiger partial charge on any atom is -0.252 e. The maximum Gasteiger partial charge on any atom is 0.0853 e. The van der Waals surface area contributed by atoms with Crippen molar-refractivity contribution in [1.29, 1.82) is 5.26 Å². The topological polar surface area (TPSA) is 39.1 Å². The van der Waals surface area contributed by atoms with Crippen molar-refractivity contribution < 1.29 is 0 Å². The molecule has 1 N–H and O–H groups in total. The van der Waals surface area contributed by atoms with Crippen LogP contribution in [0, 0.1) is 11.3 Å². The second-order valence-electron chi connectivity index (χ2n) is 4.69. The lowest BCUT2D eigenvalue weighted by molar-refractivity contribution is 0.135. The van der Waals surface area contributed by atoms with Crippen LogP contribution in [0.3, 0.4) is 0 Å². The van der Waals surface area contributed by atoms with Crippen LogP contribution in [0.15, 0.2) is 30.3 Å². The van der Waals surface area contributed by atoms with E-state index in [-0.39, 0.29) is 5.41 Å². The SMILES string of the molecule is CN(C)NC1CC(C#N)(c2ccccc2)C1. The molecule has 16 heavy (non-hydrogen) atoms. The van der Waals surface area contributed by atoms with Gasteiger partial charge in [0.2, 0.25) is 0 Å². The molecule has 0 saturated heterocycles. The first-order chi connectivity index (χ1) is 7.66. The van der Waals surface area contributed by atoms with Gasteiger partial charge in [-0.3, -0.25) is 10.4 Å². The zero-order chi connectivity index (χ0) is 11.6. The maximum absolute atomic E-state index is 9.35. The Balaban J connectivity index is 2.07. The Labute approximate surface area is 96.7 Å². The molecule has 1 aromatic carbocycles. The van der Waals surface area contributed by atoms with Crippen LogP contribution in [0.25, 0.3) is 0 Å². The van der Waals surface area contributed by atoms with Crippen LogP contribution in [0.2, 0.25) is 0 Å². The third kappa shape index (κ3) is 1.95. The first-order valence-electron chi connectivity index (χ1n) is 5.56. The zero-order valence-corrected chi connectivity index (χ0v) is 9.77. The number of nitriles is 1. The lowest BCUT2D eigenvalue weighted by atomic mass is 9.63. The molecule has 0 spiro atoms. The molecular weight excluding hydrogens is 198 g/mol. The van der Waals surface area contributed by atoms with Gasteiger partial charge in [-0.15, -0.1) is 0 Å². The molecule has 0 amide bonds. The average molecular weight is 215 g/mol. The van der Waals surface area contributed by atoms with E-state index in [4.69, 9.17) is 0 Å². The molecule has 0 radical (unpaired) electrons. The first kappa shape index (κ1) is 11.1. The quantitative estimate of drug-likeness (QED) is 0.780. The lowest BCUT2D eigenvalue weighted by Gasteiger charge is -2.44. The minimum absolute atomic E-state index is 0.269. The van der Waals surface area contributed by atoms with E-state index >= 15 is 0 Å². The van der Waals surface area contributed by atoms with Crippen LogP contribution in [0.5, 0.6) is 0 Å². The van der Waals surface area contributed by atoms with Crippen molar-refractivity contribution in [3.05, 3.63) is 35.9 Å². The summed E-state index contributed by atoms with van der Waals surface area (Å²) in [6, 6.07) is 13.0. The van der Waals surface area contributed by atoms with Crippen molar-refractivity contribution in [2.45, 2.75) is 24.3 Å². The summed E-state index contributed by atoms with van der Waals surface area (Å²) in [5, 5.41) is 11.3. The molecule has 1 saturated carbocycles. The van der Waals surface area contributed by atoms with Crippen molar-refractivity contribution in [2.75, 3.05) is 14.1 Å². The van der Waals surface area contributed by atoms with E-state index in [2.05, 4.69) is 23.6 Å². The second kappa shape index (κ2) is 4.25. The number of nitrogens with zero attached hydrogens (tertiary/aromatic N) is 2. The number of nitrogens with one attached hydrogen (secondary N) is 1. The van der Waals surface area contributed by atoms with E-state index in [1.165, 1.54) is 0 Å². The van der Waals surface area contributed by atoms with Gasteiger partial charge in [-0.25, -0.2) is 0 Å². The van der Waals surface area contributed by atoms with Gasteiger partial charge in [0.1, 0.15) is 0 Å². The van der Waals surface area contributed by atoms with Crippen LogP contribution in [-0.2, 0) is 5.41 Å². The highest BCUT2D eigenvalue weighted by molar-refractivity contribution is 5.36. The van der Waals surface area contributed by atoms with Gasteiger partial charge in [0.05, 0.1) is 11.5 Å². The molecule has 0 bridgehead atoms. The van der Waals surface area contributed by atoms with Gasteiger partial charge >= 0.3 is 0 Å². The number of benzene rings is 1. The van der Waals surface area contributed by atoms with Crippen molar-refractivity contribution in [3.8, 4) is 6.07 Å².